The summed E-state index contributed by atoms with van der Waals surface area (Å²) in [4.78, 5) is 24.3. The Labute approximate surface area is 182 Å². The Morgan fingerprint density at radius 1 is 0.871 bits per heavy atom. The second-order valence-corrected chi connectivity index (χ2v) is 7.01. The van der Waals surface area contributed by atoms with Crippen molar-refractivity contribution in [3.05, 3.63) is 90.0 Å². The molecule has 3 rings (SSSR count). The lowest BCUT2D eigenvalue weighted by atomic mass is 10.2. The molecule has 0 aliphatic rings. The lowest BCUT2D eigenvalue weighted by Crippen LogP contribution is -2.24. The van der Waals surface area contributed by atoms with E-state index in [1.165, 1.54) is 0 Å². The van der Waals surface area contributed by atoms with E-state index in [0.29, 0.717) is 30.2 Å². The minimum Gasteiger partial charge on any atom is -0.487 e. The summed E-state index contributed by atoms with van der Waals surface area (Å²) in [6.45, 7) is 3.18. The molecular weight excluding hydrogens is 390 g/mol. The van der Waals surface area contributed by atoms with Gasteiger partial charge in [-0.15, -0.1) is 0 Å². The molecule has 0 spiro atoms. The van der Waals surface area contributed by atoms with Gasteiger partial charge in [0.05, 0.1) is 12.2 Å². The molecule has 0 atom stereocenters. The molecular formula is C25H27N3O3. The fourth-order valence-electron chi connectivity index (χ4n) is 2.90. The lowest BCUT2D eigenvalue weighted by molar-refractivity contribution is -0.114. The average molecular weight is 418 g/mol. The molecule has 0 aliphatic carbocycles. The van der Waals surface area contributed by atoms with Crippen molar-refractivity contribution in [3.63, 3.8) is 0 Å². The van der Waals surface area contributed by atoms with Crippen LogP contribution in [-0.2, 0) is 11.4 Å². The number of hydrogen-bond donors (Lipinski definition) is 3. The summed E-state index contributed by atoms with van der Waals surface area (Å²) in [7, 11) is 0. The molecule has 2 amide bonds. The highest BCUT2D eigenvalue weighted by Crippen LogP contribution is 2.24. The van der Waals surface area contributed by atoms with E-state index in [-0.39, 0.29) is 18.4 Å². The van der Waals surface area contributed by atoms with Crippen molar-refractivity contribution in [3.8, 4) is 5.75 Å². The smallest absolute Gasteiger partial charge is 0.251 e. The first kappa shape index (κ1) is 21.9. The Balaban J connectivity index is 1.51. The highest BCUT2D eigenvalue weighted by atomic mass is 16.5. The largest absolute Gasteiger partial charge is 0.487 e. The standard InChI is InChI=1S/C25H27N3O3/c1-2-16-26-25(30)20-12-14-21(15-13-20)28-24(29)17-27-22-10-6-7-11-23(22)31-18-19-8-4-3-5-9-19/h3-15,27H,2,16-18H2,1H3,(H,26,30)(H,28,29). The Kier molecular flexibility index (Phi) is 8.05. The number of carbonyl (C=O) groups excluding carboxylic acids is 2. The van der Waals surface area contributed by atoms with Crippen molar-refractivity contribution in [2.45, 2.75) is 20.0 Å². The first-order valence-corrected chi connectivity index (χ1v) is 10.3. The van der Waals surface area contributed by atoms with Crippen LogP contribution in [0.15, 0.2) is 78.9 Å². The van der Waals surface area contributed by atoms with E-state index >= 15 is 0 Å². The molecule has 0 bridgehead atoms. The highest BCUT2D eigenvalue weighted by molar-refractivity contribution is 5.96. The normalized spacial score (nSPS) is 10.2. The van der Waals surface area contributed by atoms with Crippen LogP contribution in [0.2, 0.25) is 0 Å². The second-order valence-electron chi connectivity index (χ2n) is 7.01. The van der Waals surface area contributed by atoms with E-state index in [1.807, 2.05) is 61.5 Å². The van der Waals surface area contributed by atoms with Crippen LogP contribution in [0.25, 0.3) is 0 Å². The zero-order valence-corrected chi connectivity index (χ0v) is 17.6. The van der Waals surface area contributed by atoms with Crippen molar-refractivity contribution in [2.24, 2.45) is 0 Å². The summed E-state index contributed by atoms with van der Waals surface area (Å²) in [5.74, 6) is 0.371. The van der Waals surface area contributed by atoms with Gasteiger partial charge in [0.25, 0.3) is 5.91 Å². The summed E-state index contributed by atoms with van der Waals surface area (Å²) in [6.07, 6.45) is 0.882. The minimum absolute atomic E-state index is 0.0877. The number of nitrogens with one attached hydrogen (secondary N) is 3. The fraction of sp³-hybridized carbons (Fsp3) is 0.200. The van der Waals surface area contributed by atoms with Crippen LogP contribution in [0.4, 0.5) is 11.4 Å². The van der Waals surface area contributed by atoms with E-state index in [1.54, 1.807) is 24.3 Å². The monoisotopic (exact) mass is 417 g/mol. The predicted molar refractivity (Wildman–Crippen MR) is 123 cm³/mol. The molecule has 0 saturated heterocycles. The van der Waals surface area contributed by atoms with Gasteiger partial charge >= 0.3 is 0 Å². The summed E-state index contributed by atoms with van der Waals surface area (Å²) in [6, 6.07) is 24.3. The molecule has 3 aromatic carbocycles. The molecule has 0 aromatic heterocycles. The number of benzene rings is 3. The van der Waals surface area contributed by atoms with Gasteiger partial charge in [0.1, 0.15) is 12.4 Å². The minimum atomic E-state index is -0.193. The van der Waals surface area contributed by atoms with Crippen LogP contribution < -0.4 is 20.7 Å². The Hall–Kier alpha value is -3.80. The summed E-state index contributed by atoms with van der Waals surface area (Å²) in [5, 5.41) is 8.77. The van der Waals surface area contributed by atoms with Gasteiger partial charge in [-0.05, 0) is 48.4 Å². The molecule has 3 N–H and O–H groups in total. The first-order chi connectivity index (χ1) is 15.2. The molecule has 0 radical (unpaired) electrons. The van der Waals surface area contributed by atoms with Crippen molar-refractivity contribution in [1.29, 1.82) is 0 Å². The van der Waals surface area contributed by atoms with Crippen molar-refractivity contribution in [2.75, 3.05) is 23.7 Å². The maximum absolute atomic E-state index is 12.3. The molecule has 3 aromatic rings. The first-order valence-electron chi connectivity index (χ1n) is 10.3. The third-order valence-corrected chi connectivity index (χ3v) is 4.53. The van der Waals surface area contributed by atoms with Gasteiger partial charge in [0, 0.05) is 17.8 Å². The fourth-order valence-corrected chi connectivity index (χ4v) is 2.90. The van der Waals surface area contributed by atoms with Crippen LogP contribution >= 0.6 is 0 Å². The van der Waals surface area contributed by atoms with Crippen LogP contribution in [-0.4, -0.2) is 24.9 Å². The van der Waals surface area contributed by atoms with Crippen molar-refractivity contribution in [1.82, 2.24) is 5.32 Å². The third-order valence-electron chi connectivity index (χ3n) is 4.53. The average Bonchev–Trinajstić information content (AvgIpc) is 2.81. The van der Waals surface area contributed by atoms with Gasteiger partial charge in [-0.25, -0.2) is 0 Å². The van der Waals surface area contributed by atoms with Gasteiger partial charge in [-0.2, -0.15) is 0 Å². The van der Waals surface area contributed by atoms with Crippen LogP contribution in [0, 0.1) is 0 Å². The lowest BCUT2D eigenvalue weighted by Gasteiger charge is -2.13. The number of hydrogen-bond acceptors (Lipinski definition) is 4. The van der Waals surface area contributed by atoms with E-state index in [0.717, 1.165) is 17.7 Å². The highest BCUT2D eigenvalue weighted by Gasteiger charge is 2.08. The van der Waals surface area contributed by atoms with Gasteiger partial charge < -0.3 is 20.7 Å². The van der Waals surface area contributed by atoms with E-state index in [2.05, 4.69) is 16.0 Å². The molecule has 0 fully saturated rings. The topological polar surface area (TPSA) is 79.5 Å². The van der Waals surface area contributed by atoms with Crippen molar-refractivity contribution >= 4 is 23.2 Å². The number of para-hydroxylation sites is 2. The van der Waals surface area contributed by atoms with Gasteiger partial charge in [-0.3, -0.25) is 9.59 Å². The number of carbonyl (C=O) groups is 2. The van der Waals surface area contributed by atoms with E-state index in [9.17, 15) is 9.59 Å². The van der Waals surface area contributed by atoms with Crippen LogP contribution in [0.3, 0.4) is 0 Å². The molecule has 6 nitrogen and oxygen atoms in total. The SMILES string of the molecule is CCCNC(=O)c1ccc(NC(=O)CNc2ccccc2OCc2ccccc2)cc1. The Morgan fingerprint density at radius 2 is 1.58 bits per heavy atom. The van der Waals surface area contributed by atoms with E-state index < -0.39 is 0 Å². The van der Waals surface area contributed by atoms with Gasteiger partial charge in [0.15, 0.2) is 0 Å². The molecule has 0 heterocycles. The summed E-state index contributed by atoms with van der Waals surface area (Å²) in [5.41, 5.74) is 3.01. The van der Waals surface area contributed by atoms with Gasteiger partial charge in [-0.1, -0.05) is 49.4 Å². The third kappa shape index (κ3) is 6.89. The quantitative estimate of drug-likeness (QED) is 0.455. The number of anilines is 2. The van der Waals surface area contributed by atoms with Crippen molar-refractivity contribution < 1.29 is 14.3 Å². The Morgan fingerprint density at radius 3 is 2.32 bits per heavy atom. The van der Waals surface area contributed by atoms with Gasteiger partial charge in [0.2, 0.25) is 5.91 Å². The predicted octanol–water partition coefficient (Wildman–Crippen LogP) is 4.46. The molecule has 31 heavy (non-hydrogen) atoms. The summed E-state index contributed by atoms with van der Waals surface area (Å²) < 4.78 is 5.91. The zero-order chi connectivity index (χ0) is 21.9. The van der Waals surface area contributed by atoms with E-state index in [4.69, 9.17) is 4.74 Å². The number of ether oxygens (including phenoxy) is 1. The summed E-state index contributed by atoms with van der Waals surface area (Å²) >= 11 is 0. The maximum Gasteiger partial charge on any atom is 0.251 e. The molecule has 0 aliphatic heterocycles. The Bertz CT molecular complexity index is 988. The molecule has 6 heteroatoms. The van der Waals surface area contributed by atoms with Crippen LogP contribution in [0.1, 0.15) is 29.3 Å². The zero-order valence-electron chi connectivity index (χ0n) is 17.6. The second kappa shape index (κ2) is 11.4. The number of amides is 2. The van der Waals surface area contributed by atoms with Crippen LogP contribution in [0.5, 0.6) is 5.75 Å². The number of rotatable bonds is 10. The molecule has 0 saturated carbocycles. The molecule has 0 unspecified atom stereocenters. The maximum atomic E-state index is 12.3. The molecule has 160 valence electrons.